The summed E-state index contributed by atoms with van der Waals surface area (Å²) >= 11 is 10.1. The Hall–Kier alpha value is -2.16. The van der Waals surface area contributed by atoms with E-state index in [1.807, 2.05) is 46.4 Å². The standard InChI is InChI=1S/C56H76N2S5/c1-9-17-21-37(13-5)33-55(34-38(14-6)22-18-10-2)41-25-29-59-49(41)51-43(55)31-45(61-51)53-47-48(58-28-27-57-47)54(63-53)46-32-44-52(62-46)50-42(26-30-60-50)56(44,35-39(15-7)23-19-11-3)36-40(16-8)24-20-12-4/h25-32,37-40H,9-24,33-36H2,1-8H3. The molecular formula is C56H76N2S5. The molecule has 0 aromatic carbocycles. The largest absolute Gasteiger partial charge is 0.251 e. The van der Waals surface area contributed by atoms with Gasteiger partial charge in [0.2, 0.25) is 0 Å². The first-order valence-electron chi connectivity index (χ1n) is 25.5. The zero-order chi connectivity index (χ0) is 44.1. The molecule has 2 aliphatic carbocycles. The van der Waals surface area contributed by atoms with Crippen molar-refractivity contribution in [3.8, 4) is 39.0 Å². The Bertz CT molecular complexity index is 2180. The summed E-state index contributed by atoms with van der Waals surface area (Å²) in [6, 6.07) is 10.4. The van der Waals surface area contributed by atoms with Crippen LogP contribution in [0.25, 0.3) is 50.1 Å². The summed E-state index contributed by atoms with van der Waals surface area (Å²) in [6.45, 7) is 19.3. The molecule has 2 aliphatic rings. The molecule has 4 unspecified atom stereocenters. The van der Waals surface area contributed by atoms with Crippen molar-refractivity contribution in [2.24, 2.45) is 23.7 Å². The highest BCUT2D eigenvalue weighted by Crippen LogP contribution is 2.64. The maximum Gasteiger partial charge on any atom is 0.109 e. The summed E-state index contributed by atoms with van der Waals surface area (Å²) < 4.78 is 0. The van der Waals surface area contributed by atoms with Gasteiger partial charge in [-0.1, -0.05) is 158 Å². The second kappa shape index (κ2) is 21.2. The van der Waals surface area contributed by atoms with Crippen molar-refractivity contribution in [2.75, 3.05) is 0 Å². The van der Waals surface area contributed by atoms with Crippen molar-refractivity contribution < 1.29 is 0 Å². The van der Waals surface area contributed by atoms with Crippen molar-refractivity contribution in [1.82, 2.24) is 9.97 Å². The van der Waals surface area contributed by atoms with Crippen LogP contribution in [0.2, 0.25) is 0 Å². The number of fused-ring (bicyclic) bond motifs is 7. The number of rotatable bonds is 26. The number of thiophene rings is 5. The summed E-state index contributed by atoms with van der Waals surface area (Å²) in [4.78, 5) is 22.0. The lowest BCUT2D eigenvalue weighted by molar-refractivity contribution is 0.266. The van der Waals surface area contributed by atoms with Crippen LogP contribution in [-0.4, -0.2) is 9.97 Å². The zero-order valence-electron chi connectivity index (χ0n) is 40.0. The van der Waals surface area contributed by atoms with Crippen molar-refractivity contribution >= 4 is 67.7 Å². The van der Waals surface area contributed by atoms with Gasteiger partial charge in [0.1, 0.15) is 11.0 Å². The Kier molecular flexibility index (Phi) is 15.9. The van der Waals surface area contributed by atoms with Crippen LogP contribution < -0.4 is 0 Å². The van der Waals surface area contributed by atoms with Gasteiger partial charge in [0.15, 0.2) is 0 Å². The topological polar surface area (TPSA) is 25.8 Å². The highest BCUT2D eigenvalue weighted by atomic mass is 32.1. The van der Waals surface area contributed by atoms with E-state index in [1.54, 1.807) is 41.8 Å². The smallest absolute Gasteiger partial charge is 0.109 e. The fourth-order valence-corrected chi connectivity index (χ4v) is 18.3. The second-order valence-electron chi connectivity index (χ2n) is 19.7. The average Bonchev–Trinajstić information content (AvgIpc) is 4.18. The second-order valence-corrected chi connectivity index (χ2v) is 24.7. The molecule has 0 radical (unpaired) electrons. The van der Waals surface area contributed by atoms with Crippen LogP contribution in [0.3, 0.4) is 0 Å². The van der Waals surface area contributed by atoms with Gasteiger partial charge in [-0.15, -0.1) is 56.7 Å². The van der Waals surface area contributed by atoms with E-state index in [9.17, 15) is 0 Å². The number of unbranched alkanes of at least 4 members (excludes halogenated alkanes) is 4. The SMILES string of the molecule is CCCCC(CC)CC1(CC(CC)CCCC)c2ccsc2-c2sc(-c3sc(-c4cc5c(s4)-c4sccc4C5(CC(CC)CCCC)CC(CC)CCCC)c4nccnc34)cc21. The first-order valence-corrected chi connectivity index (χ1v) is 29.7. The number of aromatic nitrogens is 2. The molecule has 0 N–H and O–H groups in total. The predicted molar refractivity (Wildman–Crippen MR) is 284 cm³/mol. The molecule has 0 amide bonds. The van der Waals surface area contributed by atoms with Crippen molar-refractivity contribution in [1.29, 1.82) is 0 Å². The molecule has 6 heterocycles. The van der Waals surface area contributed by atoms with Crippen LogP contribution in [0.1, 0.15) is 206 Å². The lowest BCUT2D eigenvalue weighted by atomic mass is 9.66. The third kappa shape index (κ3) is 9.04. The molecule has 7 heteroatoms. The molecule has 0 saturated carbocycles. The van der Waals surface area contributed by atoms with Gasteiger partial charge in [-0.2, -0.15) is 0 Å². The molecule has 63 heavy (non-hydrogen) atoms. The van der Waals surface area contributed by atoms with E-state index < -0.39 is 0 Å². The summed E-state index contributed by atoms with van der Waals surface area (Å²) in [7, 11) is 0. The van der Waals surface area contributed by atoms with Crippen LogP contribution in [0.5, 0.6) is 0 Å². The minimum Gasteiger partial charge on any atom is -0.251 e. The molecular weight excluding hydrogens is 861 g/mol. The van der Waals surface area contributed by atoms with Gasteiger partial charge in [0.05, 0.1) is 9.75 Å². The summed E-state index contributed by atoms with van der Waals surface area (Å²) in [5.41, 5.74) is 8.90. The lowest BCUT2D eigenvalue weighted by Crippen LogP contribution is -2.31. The van der Waals surface area contributed by atoms with Crippen LogP contribution in [0, 0.1) is 23.7 Å². The monoisotopic (exact) mass is 936 g/mol. The predicted octanol–water partition coefficient (Wildman–Crippen LogP) is 20.2. The third-order valence-corrected chi connectivity index (χ3v) is 21.7. The Labute approximate surface area is 401 Å². The molecule has 6 aromatic rings. The summed E-state index contributed by atoms with van der Waals surface area (Å²) in [5.74, 6) is 2.97. The fraction of sp³-hybridized carbons (Fsp3) is 0.607. The van der Waals surface area contributed by atoms with Crippen LogP contribution in [0.4, 0.5) is 0 Å². The molecule has 6 aromatic heterocycles. The molecule has 4 atom stereocenters. The van der Waals surface area contributed by atoms with Crippen LogP contribution in [-0.2, 0) is 10.8 Å². The van der Waals surface area contributed by atoms with E-state index in [-0.39, 0.29) is 10.8 Å². The van der Waals surface area contributed by atoms with Gasteiger partial charge < -0.3 is 0 Å². The van der Waals surface area contributed by atoms with Crippen molar-refractivity contribution in [3.63, 3.8) is 0 Å². The Morgan fingerprint density at radius 3 is 1.10 bits per heavy atom. The van der Waals surface area contributed by atoms with E-state index >= 15 is 0 Å². The van der Waals surface area contributed by atoms with E-state index in [0.29, 0.717) is 0 Å². The van der Waals surface area contributed by atoms with Crippen LogP contribution in [0.15, 0.2) is 47.4 Å². The van der Waals surface area contributed by atoms with Crippen LogP contribution >= 0.6 is 56.7 Å². The highest BCUT2D eigenvalue weighted by Gasteiger charge is 2.49. The fourth-order valence-electron chi connectivity index (χ4n) is 12.1. The molecule has 2 nitrogen and oxygen atoms in total. The number of nitrogens with zero attached hydrogens (tertiary/aromatic N) is 2. The minimum atomic E-state index is 0.0844. The maximum absolute atomic E-state index is 5.19. The summed E-state index contributed by atoms with van der Waals surface area (Å²) in [6.07, 6.45) is 29.9. The first-order chi connectivity index (χ1) is 30.8. The normalized spacial score (nSPS) is 19.6. The minimum absolute atomic E-state index is 0.0844. The van der Waals surface area contributed by atoms with E-state index in [0.717, 1.165) is 34.7 Å². The Morgan fingerprint density at radius 2 is 0.778 bits per heavy atom. The van der Waals surface area contributed by atoms with Crippen molar-refractivity contribution in [2.45, 2.75) is 195 Å². The first kappa shape index (κ1) is 47.3. The lowest BCUT2D eigenvalue weighted by Gasteiger charge is -2.37. The van der Waals surface area contributed by atoms with Gasteiger partial charge in [-0.05, 0) is 107 Å². The Balaban J connectivity index is 1.25. The van der Waals surface area contributed by atoms with E-state index in [4.69, 9.17) is 9.97 Å². The average molecular weight is 938 g/mol. The highest BCUT2D eigenvalue weighted by molar-refractivity contribution is 7.30. The van der Waals surface area contributed by atoms with Gasteiger partial charge >= 0.3 is 0 Å². The van der Waals surface area contributed by atoms with Gasteiger partial charge in [-0.3, -0.25) is 9.97 Å². The van der Waals surface area contributed by atoms with Crippen molar-refractivity contribution in [3.05, 3.63) is 69.7 Å². The summed E-state index contributed by atoms with van der Waals surface area (Å²) in [5, 5.41) is 4.81. The number of hydrogen-bond acceptors (Lipinski definition) is 7. The van der Waals surface area contributed by atoms with E-state index in [1.165, 1.54) is 148 Å². The molecule has 0 bridgehead atoms. The number of hydrogen-bond donors (Lipinski definition) is 0. The molecule has 8 rings (SSSR count). The molecule has 0 aliphatic heterocycles. The third-order valence-electron chi connectivity index (χ3n) is 15.8. The molecule has 340 valence electrons. The quantitative estimate of drug-likeness (QED) is 0.0542. The maximum atomic E-state index is 5.19. The molecule has 0 spiro atoms. The Morgan fingerprint density at radius 1 is 0.429 bits per heavy atom. The van der Waals surface area contributed by atoms with Gasteiger partial charge in [-0.25, -0.2) is 0 Å². The van der Waals surface area contributed by atoms with Gasteiger partial charge in [0, 0.05) is 52.5 Å². The van der Waals surface area contributed by atoms with E-state index in [2.05, 4.69) is 113 Å². The molecule has 0 saturated heterocycles. The van der Waals surface area contributed by atoms with Gasteiger partial charge in [0.25, 0.3) is 0 Å². The zero-order valence-corrected chi connectivity index (χ0v) is 44.1. The molecule has 0 fully saturated rings.